The minimum Gasteiger partial charge on any atom is -0.231 e. The van der Waals surface area contributed by atoms with E-state index in [2.05, 4.69) is 38.1 Å². The molecule has 3 aromatic carbocycles. The first-order chi connectivity index (χ1) is 16.0. The molecule has 1 atom stereocenters. The Bertz CT molecular complexity index is 1280. The van der Waals surface area contributed by atoms with Crippen molar-refractivity contribution in [1.29, 1.82) is 0 Å². The van der Waals surface area contributed by atoms with Gasteiger partial charge in [0.05, 0.1) is 17.4 Å². The predicted molar refractivity (Wildman–Crippen MR) is 131 cm³/mol. The van der Waals surface area contributed by atoms with Gasteiger partial charge in [0.1, 0.15) is 11.6 Å². The second-order valence-electron chi connectivity index (χ2n) is 8.46. The first kappa shape index (κ1) is 21.5. The van der Waals surface area contributed by atoms with Gasteiger partial charge in [-0.25, -0.2) is 18.8 Å². The van der Waals surface area contributed by atoms with E-state index in [4.69, 9.17) is 10.1 Å². The van der Waals surface area contributed by atoms with Gasteiger partial charge < -0.3 is 0 Å². The van der Waals surface area contributed by atoms with Gasteiger partial charge in [0.25, 0.3) is 0 Å². The number of rotatable bonds is 5. The van der Waals surface area contributed by atoms with Crippen molar-refractivity contribution in [2.45, 2.75) is 32.2 Å². The predicted octanol–water partition coefficient (Wildman–Crippen LogP) is 7.57. The summed E-state index contributed by atoms with van der Waals surface area (Å²) < 4.78 is 26.8. The van der Waals surface area contributed by atoms with Gasteiger partial charge in [0.15, 0.2) is 0 Å². The average Bonchev–Trinajstić information content (AvgIpc) is 3.48. The lowest BCUT2D eigenvalue weighted by Crippen LogP contribution is -2.18. The van der Waals surface area contributed by atoms with Crippen LogP contribution in [-0.4, -0.2) is 10.7 Å². The van der Waals surface area contributed by atoms with E-state index < -0.39 is 0 Å². The standard InChI is InChI=1S/C27H23F2N3S/c1-17(2)18-3-5-21(6-4-18)26-15-24(19-7-11-22(28)12-8-19)31-32(26)27-30-25(16-33-27)20-9-13-23(29)14-10-20/h3-14,16-17,26H,15H2,1-2H3. The molecule has 0 fully saturated rings. The molecule has 0 spiro atoms. The van der Waals surface area contributed by atoms with Crippen LogP contribution < -0.4 is 5.01 Å². The van der Waals surface area contributed by atoms with E-state index in [-0.39, 0.29) is 17.7 Å². The molecule has 5 rings (SSSR count). The summed E-state index contributed by atoms with van der Waals surface area (Å²) >= 11 is 1.51. The molecule has 33 heavy (non-hydrogen) atoms. The number of hydrogen-bond acceptors (Lipinski definition) is 4. The second kappa shape index (κ2) is 8.87. The van der Waals surface area contributed by atoms with Gasteiger partial charge in [-0.15, -0.1) is 11.3 Å². The van der Waals surface area contributed by atoms with Crippen LogP contribution in [0.2, 0.25) is 0 Å². The van der Waals surface area contributed by atoms with Crippen molar-refractivity contribution in [3.05, 3.63) is 107 Å². The zero-order valence-corrected chi connectivity index (χ0v) is 19.2. The smallest absolute Gasteiger partial charge is 0.207 e. The third-order valence-electron chi connectivity index (χ3n) is 5.90. The fourth-order valence-corrected chi connectivity index (χ4v) is 4.82. The number of hydrazone groups is 1. The van der Waals surface area contributed by atoms with E-state index in [1.54, 1.807) is 24.3 Å². The highest BCUT2D eigenvalue weighted by molar-refractivity contribution is 7.14. The van der Waals surface area contributed by atoms with Crippen LogP contribution in [0.4, 0.5) is 13.9 Å². The summed E-state index contributed by atoms with van der Waals surface area (Å²) in [6.45, 7) is 4.36. The molecule has 1 aliphatic rings. The molecule has 1 aromatic heterocycles. The largest absolute Gasteiger partial charge is 0.231 e. The Labute approximate surface area is 196 Å². The molecule has 166 valence electrons. The molecule has 0 bridgehead atoms. The summed E-state index contributed by atoms with van der Waals surface area (Å²) in [5.41, 5.74) is 5.88. The van der Waals surface area contributed by atoms with Crippen LogP contribution in [0.1, 0.15) is 48.9 Å². The first-order valence-electron chi connectivity index (χ1n) is 10.9. The molecule has 1 unspecified atom stereocenters. The number of thiazole rings is 1. The minimum absolute atomic E-state index is 0.0153. The lowest BCUT2D eigenvalue weighted by atomic mass is 9.95. The summed E-state index contributed by atoms with van der Waals surface area (Å²) in [4.78, 5) is 4.81. The van der Waals surface area contributed by atoms with E-state index in [1.165, 1.54) is 41.2 Å². The zero-order valence-electron chi connectivity index (χ0n) is 18.4. The molecule has 0 radical (unpaired) electrons. The molecule has 0 amide bonds. The van der Waals surface area contributed by atoms with Gasteiger partial charge in [-0.1, -0.05) is 50.2 Å². The van der Waals surface area contributed by atoms with E-state index in [9.17, 15) is 8.78 Å². The van der Waals surface area contributed by atoms with Crippen molar-refractivity contribution >= 4 is 22.2 Å². The van der Waals surface area contributed by atoms with Crippen LogP contribution in [0.3, 0.4) is 0 Å². The van der Waals surface area contributed by atoms with Gasteiger partial charge in [0.2, 0.25) is 5.13 Å². The van der Waals surface area contributed by atoms with Gasteiger partial charge in [-0.3, -0.25) is 0 Å². The van der Waals surface area contributed by atoms with E-state index in [0.29, 0.717) is 12.3 Å². The Morgan fingerprint density at radius 3 is 2.06 bits per heavy atom. The van der Waals surface area contributed by atoms with Gasteiger partial charge >= 0.3 is 0 Å². The maximum Gasteiger partial charge on any atom is 0.207 e. The molecule has 1 aliphatic heterocycles. The average molecular weight is 460 g/mol. The molecule has 3 nitrogen and oxygen atoms in total. The quantitative estimate of drug-likeness (QED) is 0.308. The summed E-state index contributed by atoms with van der Waals surface area (Å²) in [5, 5.41) is 9.60. The molecule has 6 heteroatoms. The summed E-state index contributed by atoms with van der Waals surface area (Å²) in [5.74, 6) is -0.0759. The molecule has 0 N–H and O–H groups in total. The lowest BCUT2D eigenvalue weighted by molar-refractivity contribution is 0.627. The second-order valence-corrected chi connectivity index (χ2v) is 9.30. The normalized spacial score (nSPS) is 15.8. The van der Waals surface area contributed by atoms with Gasteiger partial charge in [-0.2, -0.15) is 5.10 Å². The van der Waals surface area contributed by atoms with Crippen LogP contribution in [0.5, 0.6) is 0 Å². The van der Waals surface area contributed by atoms with Crippen molar-refractivity contribution in [1.82, 2.24) is 4.98 Å². The highest BCUT2D eigenvalue weighted by Crippen LogP contribution is 2.39. The third-order valence-corrected chi connectivity index (χ3v) is 6.73. The fraction of sp³-hybridized carbons (Fsp3) is 0.185. The number of anilines is 1. The maximum atomic E-state index is 13.5. The SMILES string of the molecule is CC(C)c1ccc(C2CC(c3ccc(F)cc3)=NN2c2nc(-c3ccc(F)cc3)cs2)cc1. The summed E-state index contributed by atoms with van der Waals surface area (Å²) in [7, 11) is 0. The molecule has 0 aliphatic carbocycles. The van der Waals surface area contributed by atoms with Crippen LogP contribution in [0, 0.1) is 11.6 Å². The van der Waals surface area contributed by atoms with Crippen molar-refractivity contribution in [2.24, 2.45) is 5.10 Å². The number of hydrogen-bond donors (Lipinski definition) is 0. The Morgan fingerprint density at radius 2 is 1.45 bits per heavy atom. The Kier molecular flexibility index (Phi) is 5.77. The van der Waals surface area contributed by atoms with Crippen LogP contribution in [0.25, 0.3) is 11.3 Å². The maximum absolute atomic E-state index is 13.5. The van der Waals surface area contributed by atoms with Crippen LogP contribution >= 0.6 is 11.3 Å². The molecule has 2 heterocycles. The van der Waals surface area contributed by atoms with Crippen molar-refractivity contribution in [3.63, 3.8) is 0 Å². The number of halogens is 2. The number of benzene rings is 3. The van der Waals surface area contributed by atoms with Crippen LogP contribution in [0.15, 0.2) is 83.3 Å². The van der Waals surface area contributed by atoms with Gasteiger partial charge in [0, 0.05) is 17.4 Å². The molecular weight excluding hydrogens is 436 g/mol. The highest BCUT2D eigenvalue weighted by atomic mass is 32.1. The number of nitrogens with zero attached hydrogens (tertiary/aromatic N) is 3. The Hall–Kier alpha value is -3.38. The summed E-state index contributed by atoms with van der Waals surface area (Å²) in [6, 6.07) is 21.4. The first-order valence-corrected chi connectivity index (χ1v) is 11.8. The van der Waals surface area contributed by atoms with E-state index >= 15 is 0 Å². The lowest BCUT2D eigenvalue weighted by Gasteiger charge is -2.21. The van der Waals surface area contributed by atoms with Crippen molar-refractivity contribution < 1.29 is 8.78 Å². The molecule has 4 aromatic rings. The Balaban J connectivity index is 1.51. The summed E-state index contributed by atoms with van der Waals surface area (Å²) in [6.07, 6.45) is 0.693. The van der Waals surface area contributed by atoms with Crippen LogP contribution in [-0.2, 0) is 0 Å². The number of aromatic nitrogens is 1. The monoisotopic (exact) mass is 459 g/mol. The van der Waals surface area contributed by atoms with E-state index in [0.717, 1.165) is 33.2 Å². The van der Waals surface area contributed by atoms with Crippen molar-refractivity contribution in [3.8, 4) is 11.3 Å². The third kappa shape index (κ3) is 4.44. The molecule has 0 saturated heterocycles. The van der Waals surface area contributed by atoms with E-state index in [1.807, 2.05) is 10.4 Å². The topological polar surface area (TPSA) is 28.5 Å². The van der Waals surface area contributed by atoms with Gasteiger partial charge in [-0.05, 0) is 59.0 Å². The highest BCUT2D eigenvalue weighted by Gasteiger charge is 2.31. The Morgan fingerprint density at radius 1 is 0.848 bits per heavy atom. The fourth-order valence-electron chi connectivity index (χ4n) is 3.99. The zero-order chi connectivity index (χ0) is 22.9. The van der Waals surface area contributed by atoms with Crippen molar-refractivity contribution in [2.75, 3.05) is 5.01 Å². The molecular formula is C27H23F2N3S. The minimum atomic E-state index is -0.271. The molecule has 0 saturated carbocycles.